The summed E-state index contributed by atoms with van der Waals surface area (Å²) in [5.41, 5.74) is -3.08. The molecular weight excluding hydrogens is 258 g/mol. The van der Waals surface area contributed by atoms with E-state index in [1.807, 2.05) is 0 Å². The van der Waals surface area contributed by atoms with E-state index in [0.717, 1.165) is 5.57 Å². The molecule has 0 amide bonds. The van der Waals surface area contributed by atoms with Crippen LogP contribution in [0.3, 0.4) is 0 Å². The van der Waals surface area contributed by atoms with Gasteiger partial charge in [0, 0.05) is 0 Å². The van der Waals surface area contributed by atoms with E-state index in [9.17, 15) is 13.9 Å². The summed E-state index contributed by atoms with van der Waals surface area (Å²) in [5, 5.41) is 19.2. The van der Waals surface area contributed by atoms with Crippen LogP contribution in [0.5, 0.6) is 0 Å². The fraction of sp³-hybridized carbons (Fsp3) is 0.846. The van der Waals surface area contributed by atoms with Crippen LogP contribution in [-0.2, 0) is 9.47 Å². The van der Waals surface area contributed by atoms with Crippen molar-refractivity contribution in [2.45, 2.75) is 64.1 Å². The Kier molecular flexibility index (Phi) is 4.42. The first-order valence-electron chi connectivity index (χ1n) is 6.12. The van der Waals surface area contributed by atoms with Gasteiger partial charge in [-0.25, -0.2) is 8.78 Å². The van der Waals surface area contributed by atoms with Crippen molar-refractivity contribution in [3.05, 3.63) is 11.6 Å². The van der Waals surface area contributed by atoms with Crippen LogP contribution in [-0.4, -0.2) is 46.3 Å². The van der Waals surface area contributed by atoms with Crippen LogP contribution in [0.4, 0.5) is 8.78 Å². The average Bonchev–Trinajstić information content (AvgIpc) is 2.46. The molecule has 0 aliphatic carbocycles. The van der Waals surface area contributed by atoms with Crippen molar-refractivity contribution in [3.63, 3.8) is 0 Å². The van der Waals surface area contributed by atoms with Gasteiger partial charge in [0.05, 0.1) is 6.61 Å². The number of allylic oxidation sites excluding steroid dienone is 1. The monoisotopic (exact) mass is 280 g/mol. The van der Waals surface area contributed by atoms with Crippen molar-refractivity contribution in [2.75, 3.05) is 6.61 Å². The predicted octanol–water partition coefficient (Wildman–Crippen LogP) is 1.85. The molecule has 2 N–H and O–H groups in total. The smallest absolute Gasteiger partial charge is 0.271 e. The molecule has 1 fully saturated rings. The number of rotatable bonds is 4. The predicted molar refractivity (Wildman–Crippen MR) is 65.9 cm³/mol. The molecule has 1 heterocycles. The van der Waals surface area contributed by atoms with E-state index in [1.165, 1.54) is 0 Å². The van der Waals surface area contributed by atoms with Crippen molar-refractivity contribution in [1.82, 2.24) is 0 Å². The summed E-state index contributed by atoms with van der Waals surface area (Å²) in [6.45, 7) is 7.18. The standard InChI is InChI=1S/C13H22F2O4/c1-8(2)6-12(5)9(18-11(3,4)19-12)13(17,7-16)10(14)15/h6,9-10,16-17H,7H2,1-5H3/t9-,12-,13+/m0/s1. The van der Waals surface area contributed by atoms with Gasteiger partial charge in [-0.1, -0.05) is 11.6 Å². The molecule has 19 heavy (non-hydrogen) atoms. The topological polar surface area (TPSA) is 58.9 Å². The van der Waals surface area contributed by atoms with Crippen LogP contribution < -0.4 is 0 Å². The van der Waals surface area contributed by atoms with E-state index < -0.39 is 36.1 Å². The van der Waals surface area contributed by atoms with E-state index in [0.29, 0.717) is 0 Å². The zero-order valence-corrected chi connectivity index (χ0v) is 11.9. The fourth-order valence-corrected chi connectivity index (χ4v) is 2.55. The van der Waals surface area contributed by atoms with Crippen molar-refractivity contribution in [2.24, 2.45) is 0 Å². The van der Waals surface area contributed by atoms with Gasteiger partial charge in [-0.05, 0) is 34.6 Å². The summed E-state index contributed by atoms with van der Waals surface area (Å²) in [7, 11) is 0. The number of aliphatic hydroxyl groups is 2. The maximum Gasteiger partial charge on any atom is 0.271 e. The molecular formula is C13H22F2O4. The van der Waals surface area contributed by atoms with Crippen LogP contribution in [0.15, 0.2) is 11.6 Å². The molecule has 0 saturated carbocycles. The molecule has 0 aromatic heterocycles. The third kappa shape index (κ3) is 3.13. The highest BCUT2D eigenvalue weighted by Gasteiger charge is 2.61. The number of ether oxygens (including phenoxy) is 2. The largest absolute Gasteiger partial charge is 0.393 e. The van der Waals surface area contributed by atoms with Gasteiger partial charge in [0.25, 0.3) is 6.43 Å². The maximum absolute atomic E-state index is 13.1. The second kappa shape index (κ2) is 5.09. The summed E-state index contributed by atoms with van der Waals surface area (Å²) in [6, 6.07) is 0. The van der Waals surface area contributed by atoms with Crippen LogP contribution in [0, 0.1) is 0 Å². The molecule has 0 unspecified atom stereocenters. The number of alkyl halides is 2. The molecule has 6 heteroatoms. The Morgan fingerprint density at radius 1 is 1.37 bits per heavy atom. The first kappa shape index (κ1) is 16.5. The molecule has 0 bridgehead atoms. The first-order chi connectivity index (χ1) is 8.47. The highest BCUT2D eigenvalue weighted by Crippen LogP contribution is 2.44. The minimum absolute atomic E-state index is 0.836. The molecule has 0 radical (unpaired) electrons. The Morgan fingerprint density at radius 2 is 1.89 bits per heavy atom. The highest BCUT2D eigenvalue weighted by atomic mass is 19.3. The molecule has 1 aliphatic rings. The minimum Gasteiger partial charge on any atom is -0.393 e. The van der Waals surface area contributed by atoms with E-state index in [1.54, 1.807) is 40.7 Å². The van der Waals surface area contributed by atoms with Crippen LogP contribution >= 0.6 is 0 Å². The molecule has 0 spiro atoms. The number of aliphatic hydroxyl groups excluding tert-OH is 1. The molecule has 0 aromatic rings. The van der Waals surface area contributed by atoms with Gasteiger partial charge in [0.15, 0.2) is 11.4 Å². The lowest BCUT2D eigenvalue weighted by Crippen LogP contribution is -2.59. The molecule has 112 valence electrons. The van der Waals surface area contributed by atoms with Crippen LogP contribution in [0.2, 0.25) is 0 Å². The van der Waals surface area contributed by atoms with Gasteiger partial charge < -0.3 is 19.7 Å². The fourth-order valence-electron chi connectivity index (χ4n) is 2.55. The maximum atomic E-state index is 13.1. The van der Waals surface area contributed by atoms with Gasteiger partial charge in [-0.3, -0.25) is 0 Å². The van der Waals surface area contributed by atoms with E-state index in [2.05, 4.69) is 0 Å². The third-order valence-corrected chi connectivity index (χ3v) is 3.05. The zero-order chi connectivity index (χ0) is 15.1. The highest BCUT2D eigenvalue weighted by molar-refractivity contribution is 5.17. The van der Waals surface area contributed by atoms with E-state index in [-0.39, 0.29) is 0 Å². The second-order valence-corrected chi connectivity index (χ2v) is 5.86. The number of hydrogen-bond donors (Lipinski definition) is 2. The summed E-state index contributed by atoms with van der Waals surface area (Å²) < 4.78 is 37.3. The summed E-state index contributed by atoms with van der Waals surface area (Å²) in [5.74, 6) is -1.12. The van der Waals surface area contributed by atoms with E-state index >= 15 is 0 Å². The average molecular weight is 280 g/mol. The third-order valence-electron chi connectivity index (χ3n) is 3.05. The normalized spacial score (nSPS) is 33.3. The van der Waals surface area contributed by atoms with Gasteiger partial charge in [-0.2, -0.15) is 0 Å². The van der Waals surface area contributed by atoms with Crippen LogP contribution in [0.1, 0.15) is 34.6 Å². The van der Waals surface area contributed by atoms with Crippen molar-refractivity contribution >= 4 is 0 Å². The lowest BCUT2D eigenvalue weighted by Gasteiger charge is -2.37. The Balaban J connectivity index is 3.26. The van der Waals surface area contributed by atoms with Gasteiger partial charge in [-0.15, -0.1) is 0 Å². The van der Waals surface area contributed by atoms with Crippen molar-refractivity contribution in [3.8, 4) is 0 Å². The molecule has 4 nitrogen and oxygen atoms in total. The quantitative estimate of drug-likeness (QED) is 0.772. The molecule has 3 atom stereocenters. The summed E-state index contributed by atoms with van der Waals surface area (Å²) in [4.78, 5) is 0. The summed E-state index contributed by atoms with van der Waals surface area (Å²) in [6.07, 6.45) is -2.89. The molecule has 1 rings (SSSR count). The summed E-state index contributed by atoms with van der Waals surface area (Å²) >= 11 is 0. The Bertz CT molecular complexity index is 366. The Morgan fingerprint density at radius 3 is 2.26 bits per heavy atom. The van der Waals surface area contributed by atoms with Gasteiger partial charge in [0.2, 0.25) is 0 Å². The lowest BCUT2D eigenvalue weighted by molar-refractivity contribution is -0.213. The van der Waals surface area contributed by atoms with E-state index in [4.69, 9.17) is 14.6 Å². The molecule has 1 saturated heterocycles. The van der Waals surface area contributed by atoms with Crippen molar-refractivity contribution in [1.29, 1.82) is 0 Å². The Labute approximate surface area is 112 Å². The second-order valence-electron chi connectivity index (χ2n) is 5.86. The first-order valence-corrected chi connectivity index (χ1v) is 6.12. The minimum atomic E-state index is -3.15. The molecule has 0 aromatic carbocycles. The van der Waals surface area contributed by atoms with Gasteiger partial charge in [0.1, 0.15) is 11.7 Å². The number of hydrogen-bond acceptors (Lipinski definition) is 4. The lowest BCUT2D eigenvalue weighted by atomic mass is 9.84. The number of halogens is 2. The SMILES string of the molecule is CC(C)=C[C@]1(C)OC(C)(C)O[C@@H]1[C@](O)(CO)C(F)F. The van der Waals surface area contributed by atoms with Gasteiger partial charge >= 0.3 is 0 Å². The zero-order valence-electron chi connectivity index (χ0n) is 11.9. The molecule has 1 aliphatic heterocycles. The van der Waals surface area contributed by atoms with Crippen molar-refractivity contribution < 1.29 is 28.5 Å². The van der Waals surface area contributed by atoms with Crippen LogP contribution in [0.25, 0.3) is 0 Å². The Hall–Kier alpha value is -0.560.